The predicted molar refractivity (Wildman–Crippen MR) is 108 cm³/mol. The molecule has 0 spiro atoms. The van der Waals surface area contributed by atoms with E-state index in [0.29, 0.717) is 17.1 Å². The molecule has 0 amide bonds. The van der Waals surface area contributed by atoms with E-state index in [4.69, 9.17) is 17.8 Å². The summed E-state index contributed by atoms with van der Waals surface area (Å²) in [5, 5.41) is 24.2. The third-order valence-corrected chi connectivity index (χ3v) is 5.74. The first-order valence-corrected chi connectivity index (χ1v) is 9.70. The lowest BCUT2D eigenvalue weighted by molar-refractivity contribution is 0.270. The van der Waals surface area contributed by atoms with Crippen LogP contribution in [0, 0.1) is 17.2 Å². The second kappa shape index (κ2) is 8.18. The molecule has 5 nitrogen and oxygen atoms in total. The van der Waals surface area contributed by atoms with Gasteiger partial charge < -0.3 is 14.4 Å². The zero-order chi connectivity index (χ0) is 19.5. The lowest BCUT2D eigenvalue weighted by Crippen LogP contribution is -2.31. The largest absolute Gasteiger partial charge is 0.392 e. The zero-order valence-electron chi connectivity index (χ0n) is 15.8. The number of nitriles is 1. The fourth-order valence-electron chi connectivity index (χ4n) is 4.02. The Morgan fingerprint density at radius 1 is 1.18 bits per heavy atom. The molecule has 2 radical (unpaired) electrons. The molecule has 6 heteroatoms. The summed E-state index contributed by atoms with van der Waals surface area (Å²) in [6.45, 7) is 1.77. The highest BCUT2D eigenvalue weighted by molar-refractivity contribution is 6.04. The molecule has 3 aromatic rings. The number of hydrogen-bond donors (Lipinski definition) is 1. The molecule has 1 fully saturated rings. The Morgan fingerprint density at radius 2 is 1.93 bits per heavy atom. The van der Waals surface area contributed by atoms with Crippen LogP contribution in [0.25, 0.3) is 22.1 Å². The molecule has 0 bridgehead atoms. The van der Waals surface area contributed by atoms with Crippen LogP contribution in [0.15, 0.2) is 40.9 Å². The molecular formula is C22H22BN3O2. The molecule has 28 heavy (non-hydrogen) atoms. The summed E-state index contributed by atoms with van der Waals surface area (Å²) in [6, 6.07) is 13.5. The molecule has 140 valence electrons. The zero-order valence-corrected chi connectivity index (χ0v) is 15.8. The van der Waals surface area contributed by atoms with Gasteiger partial charge in [0.1, 0.15) is 0 Å². The highest BCUT2D eigenvalue weighted by Crippen LogP contribution is 2.33. The lowest BCUT2D eigenvalue weighted by atomic mass is 9.89. The van der Waals surface area contributed by atoms with Crippen LogP contribution in [0.4, 0.5) is 0 Å². The van der Waals surface area contributed by atoms with E-state index in [1.807, 2.05) is 29.1 Å². The summed E-state index contributed by atoms with van der Waals surface area (Å²) in [7, 11) is 5.84. The number of aliphatic hydroxyl groups excluding tert-OH is 1. The fourth-order valence-corrected chi connectivity index (χ4v) is 4.02. The second-order valence-electron chi connectivity index (χ2n) is 7.46. The predicted octanol–water partition coefficient (Wildman–Crippen LogP) is 3.59. The lowest BCUT2D eigenvalue weighted by Gasteiger charge is -2.29. The van der Waals surface area contributed by atoms with Gasteiger partial charge in [-0.25, -0.2) is 0 Å². The van der Waals surface area contributed by atoms with E-state index in [2.05, 4.69) is 11.2 Å². The summed E-state index contributed by atoms with van der Waals surface area (Å²) >= 11 is 0. The molecule has 2 heterocycles. The Labute approximate surface area is 166 Å². The number of rotatable bonds is 5. The Balaban J connectivity index is 1.59. The number of benzene rings is 2. The van der Waals surface area contributed by atoms with Gasteiger partial charge >= 0.3 is 0 Å². The monoisotopic (exact) mass is 371 g/mol. The molecular weight excluding hydrogens is 349 g/mol. The van der Waals surface area contributed by atoms with Gasteiger partial charge in [0, 0.05) is 10.9 Å². The van der Waals surface area contributed by atoms with Gasteiger partial charge in [-0.3, -0.25) is 0 Å². The van der Waals surface area contributed by atoms with Crippen molar-refractivity contribution in [3.05, 3.63) is 53.2 Å². The molecule has 1 aliphatic heterocycles. The first-order valence-electron chi connectivity index (χ1n) is 9.70. The minimum Gasteiger partial charge on any atom is -0.392 e. The maximum Gasteiger partial charge on any atom is 0.182 e. The minimum absolute atomic E-state index is 0.129. The number of nitrogens with zero attached hydrogens (tertiary/aromatic N) is 3. The summed E-state index contributed by atoms with van der Waals surface area (Å²) in [5.41, 5.74) is 4.78. The van der Waals surface area contributed by atoms with Crippen LogP contribution in [0.3, 0.4) is 0 Å². The summed E-state index contributed by atoms with van der Waals surface area (Å²) in [5.74, 6) is 0.668. The smallest absolute Gasteiger partial charge is 0.182 e. The van der Waals surface area contributed by atoms with Crippen molar-refractivity contribution in [2.75, 3.05) is 13.1 Å². The van der Waals surface area contributed by atoms with Gasteiger partial charge in [0.15, 0.2) is 13.6 Å². The van der Waals surface area contributed by atoms with Crippen LogP contribution in [0.1, 0.15) is 36.1 Å². The SMILES string of the molecule is [B]N1CCC(CCc2noc3c(CO)c(-c4ccc(C#N)cc4)ccc23)CC1. The maximum absolute atomic E-state index is 9.99. The van der Waals surface area contributed by atoms with Crippen molar-refractivity contribution < 1.29 is 9.63 Å². The van der Waals surface area contributed by atoms with E-state index in [-0.39, 0.29) is 6.61 Å². The van der Waals surface area contributed by atoms with E-state index in [9.17, 15) is 5.11 Å². The molecule has 1 saturated heterocycles. The van der Waals surface area contributed by atoms with Gasteiger partial charge in [-0.1, -0.05) is 23.4 Å². The topological polar surface area (TPSA) is 73.3 Å². The van der Waals surface area contributed by atoms with Crippen LogP contribution in [0.2, 0.25) is 0 Å². The molecule has 2 aromatic carbocycles. The number of aliphatic hydroxyl groups is 1. The van der Waals surface area contributed by atoms with Crippen LogP contribution in [-0.2, 0) is 13.0 Å². The molecule has 1 aliphatic rings. The second-order valence-corrected chi connectivity index (χ2v) is 7.46. The van der Waals surface area contributed by atoms with Crippen LogP contribution < -0.4 is 0 Å². The van der Waals surface area contributed by atoms with Crippen molar-refractivity contribution in [3.63, 3.8) is 0 Å². The molecule has 0 saturated carbocycles. The molecule has 1 aromatic heterocycles. The molecule has 0 unspecified atom stereocenters. The van der Waals surface area contributed by atoms with Gasteiger partial charge in [-0.05, 0) is 74.0 Å². The summed E-state index contributed by atoms with van der Waals surface area (Å²) in [6.07, 6.45) is 4.18. The van der Waals surface area contributed by atoms with E-state index in [1.165, 1.54) is 0 Å². The Kier molecular flexibility index (Phi) is 5.47. The van der Waals surface area contributed by atoms with Crippen LogP contribution >= 0.6 is 0 Å². The highest BCUT2D eigenvalue weighted by Gasteiger charge is 2.20. The van der Waals surface area contributed by atoms with Crippen molar-refractivity contribution in [2.24, 2.45) is 5.92 Å². The van der Waals surface area contributed by atoms with E-state index >= 15 is 0 Å². The van der Waals surface area contributed by atoms with Gasteiger partial charge in [-0.15, -0.1) is 0 Å². The summed E-state index contributed by atoms with van der Waals surface area (Å²) < 4.78 is 5.64. The minimum atomic E-state index is -0.129. The van der Waals surface area contributed by atoms with Gasteiger partial charge in [0.25, 0.3) is 0 Å². The van der Waals surface area contributed by atoms with Gasteiger partial charge in [-0.2, -0.15) is 5.26 Å². The Morgan fingerprint density at radius 3 is 2.61 bits per heavy atom. The van der Waals surface area contributed by atoms with Gasteiger partial charge in [0.2, 0.25) is 0 Å². The first kappa shape index (κ1) is 18.7. The third-order valence-electron chi connectivity index (χ3n) is 5.74. The Hall–Kier alpha value is -2.62. The van der Waals surface area contributed by atoms with E-state index in [1.54, 1.807) is 12.1 Å². The average molecular weight is 371 g/mol. The number of hydrogen-bond acceptors (Lipinski definition) is 5. The third kappa shape index (κ3) is 3.69. The highest BCUT2D eigenvalue weighted by atomic mass is 16.5. The van der Waals surface area contributed by atoms with Crippen molar-refractivity contribution >= 4 is 19.0 Å². The standard InChI is InChI=1S/C22H22BN3O2/c23-26-11-9-15(10-12-26)3-8-21-19-7-6-18(20(14-27)22(19)28-25-21)17-4-1-16(13-24)2-5-17/h1-2,4-7,15,27H,3,8-12,14H2. The molecule has 0 aliphatic carbocycles. The Bertz CT molecular complexity index is 999. The van der Waals surface area contributed by atoms with Crippen molar-refractivity contribution in [1.82, 2.24) is 9.97 Å². The molecule has 1 N–H and O–H groups in total. The quantitative estimate of drug-likeness (QED) is 0.694. The van der Waals surface area contributed by atoms with Crippen molar-refractivity contribution in [3.8, 4) is 17.2 Å². The first-order chi connectivity index (χ1) is 13.7. The number of aromatic nitrogens is 1. The maximum atomic E-state index is 9.99. The van der Waals surface area contributed by atoms with E-state index < -0.39 is 0 Å². The molecule has 4 rings (SSSR count). The van der Waals surface area contributed by atoms with Crippen LogP contribution in [0.5, 0.6) is 0 Å². The van der Waals surface area contributed by atoms with Crippen molar-refractivity contribution in [2.45, 2.75) is 32.3 Å². The number of fused-ring (bicyclic) bond motifs is 1. The van der Waals surface area contributed by atoms with E-state index in [0.717, 1.165) is 66.5 Å². The van der Waals surface area contributed by atoms with Crippen LogP contribution in [-0.4, -0.2) is 36.1 Å². The normalized spacial score (nSPS) is 15.7. The van der Waals surface area contributed by atoms with Gasteiger partial charge in [0.05, 0.1) is 23.9 Å². The summed E-state index contributed by atoms with van der Waals surface area (Å²) in [4.78, 5) is 1.89. The number of piperidine rings is 1. The fraction of sp³-hybridized carbons (Fsp3) is 0.364. The number of aryl methyl sites for hydroxylation is 1. The average Bonchev–Trinajstić information content (AvgIpc) is 3.16. The molecule has 0 atom stereocenters. The van der Waals surface area contributed by atoms with Crippen molar-refractivity contribution in [1.29, 1.82) is 5.26 Å².